The quantitative estimate of drug-likeness (QED) is 0.618. The van der Waals surface area contributed by atoms with E-state index in [9.17, 15) is 9.59 Å². The lowest BCUT2D eigenvalue weighted by molar-refractivity contribution is -0.120. The second kappa shape index (κ2) is 7.24. The van der Waals surface area contributed by atoms with Crippen LogP contribution in [0.4, 0.5) is 4.79 Å². The van der Waals surface area contributed by atoms with Crippen molar-refractivity contribution in [2.45, 2.75) is 31.7 Å². The Morgan fingerprint density at radius 3 is 2.59 bits per heavy atom. The van der Waals surface area contributed by atoms with Gasteiger partial charge in [0.25, 0.3) is 0 Å². The van der Waals surface area contributed by atoms with Gasteiger partial charge in [0.2, 0.25) is 5.91 Å². The van der Waals surface area contributed by atoms with Crippen molar-refractivity contribution < 1.29 is 14.7 Å². The van der Waals surface area contributed by atoms with Crippen LogP contribution in [0.15, 0.2) is 0 Å². The summed E-state index contributed by atoms with van der Waals surface area (Å²) in [6.45, 7) is 0.522. The Labute approximate surface area is 101 Å². The number of hydrogen-bond acceptors (Lipinski definition) is 4. The summed E-state index contributed by atoms with van der Waals surface area (Å²) < 4.78 is 0. The Hall–Kier alpha value is -1.14. The fourth-order valence-corrected chi connectivity index (χ4v) is 1.95. The summed E-state index contributed by atoms with van der Waals surface area (Å²) in [6.07, 6.45) is 4.26. The largest absolute Gasteiger partial charge is 0.395 e. The maximum absolute atomic E-state index is 11.4. The molecule has 1 aliphatic carbocycles. The number of imide groups is 1. The van der Waals surface area contributed by atoms with Crippen LogP contribution >= 0.6 is 0 Å². The Bertz CT molecular complexity index is 265. The predicted octanol–water partition coefficient (Wildman–Crippen LogP) is -0.321. The SMILES string of the molecule is CN(CCO)CC(=O)NC(=O)NC1CCCC1. The van der Waals surface area contributed by atoms with E-state index in [1.54, 1.807) is 11.9 Å². The molecule has 0 aromatic heterocycles. The zero-order valence-corrected chi connectivity index (χ0v) is 10.2. The lowest BCUT2D eigenvalue weighted by Gasteiger charge is -2.15. The molecule has 1 fully saturated rings. The number of urea groups is 1. The molecule has 3 amide bonds. The molecule has 1 saturated carbocycles. The molecule has 0 bridgehead atoms. The first-order chi connectivity index (χ1) is 8.11. The van der Waals surface area contributed by atoms with Crippen LogP contribution in [-0.2, 0) is 4.79 Å². The first kappa shape index (κ1) is 13.9. The fourth-order valence-electron chi connectivity index (χ4n) is 1.95. The number of likely N-dealkylation sites (N-methyl/N-ethyl adjacent to an activating group) is 1. The van der Waals surface area contributed by atoms with E-state index in [1.165, 1.54) is 0 Å². The van der Waals surface area contributed by atoms with E-state index in [0.717, 1.165) is 25.7 Å². The maximum atomic E-state index is 11.4. The van der Waals surface area contributed by atoms with E-state index < -0.39 is 6.03 Å². The summed E-state index contributed by atoms with van der Waals surface area (Å²) in [4.78, 5) is 24.5. The van der Waals surface area contributed by atoms with Crippen molar-refractivity contribution in [3.05, 3.63) is 0 Å². The van der Waals surface area contributed by atoms with Crippen molar-refractivity contribution in [2.75, 3.05) is 26.7 Å². The topological polar surface area (TPSA) is 81.7 Å². The number of carbonyl (C=O) groups excluding carboxylic acids is 2. The van der Waals surface area contributed by atoms with Gasteiger partial charge >= 0.3 is 6.03 Å². The highest BCUT2D eigenvalue weighted by Crippen LogP contribution is 2.17. The Balaban J connectivity index is 2.18. The van der Waals surface area contributed by atoms with Gasteiger partial charge in [-0.1, -0.05) is 12.8 Å². The van der Waals surface area contributed by atoms with Crippen molar-refractivity contribution in [1.29, 1.82) is 0 Å². The van der Waals surface area contributed by atoms with E-state index in [0.29, 0.717) is 6.54 Å². The third-order valence-corrected chi connectivity index (χ3v) is 2.84. The van der Waals surface area contributed by atoms with Gasteiger partial charge in [0.05, 0.1) is 13.2 Å². The monoisotopic (exact) mass is 243 g/mol. The van der Waals surface area contributed by atoms with Crippen LogP contribution in [0.5, 0.6) is 0 Å². The molecule has 0 aromatic carbocycles. The summed E-state index contributed by atoms with van der Waals surface area (Å²) in [7, 11) is 1.71. The molecular weight excluding hydrogens is 222 g/mol. The highest BCUT2D eigenvalue weighted by Gasteiger charge is 2.18. The molecule has 0 saturated heterocycles. The van der Waals surface area contributed by atoms with Gasteiger partial charge in [-0.15, -0.1) is 0 Å². The molecule has 3 N–H and O–H groups in total. The standard InChI is InChI=1S/C11H21N3O3/c1-14(6-7-15)8-10(16)13-11(17)12-9-4-2-3-5-9/h9,15H,2-8H2,1H3,(H2,12,13,16,17). The van der Waals surface area contributed by atoms with Crippen LogP contribution in [0, 0.1) is 0 Å². The van der Waals surface area contributed by atoms with Crippen molar-refractivity contribution in [1.82, 2.24) is 15.5 Å². The fraction of sp³-hybridized carbons (Fsp3) is 0.818. The van der Waals surface area contributed by atoms with E-state index in [4.69, 9.17) is 5.11 Å². The van der Waals surface area contributed by atoms with Crippen LogP contribution in [0.3, 0.4) is 0 Å². The normalized spacial score (nSPS) is 16.2. The van der Waals surface area contributed by atoms with Gasteiger partial charge in [-0.25, -0.2) is 4.79 Å². The molecule has 17 heavy (non-hydrogen) atoms. The molecular formula is C11H21N3O3. The highest BCUT2D eigenvalue weighted by atomic mass is 16.3. The minimum atomic E-state index is -0.417. The van der Waals surface area contributed by atoms with E-state index in [-0.39, 0.29) is 25.1 Å². The first-order valence-electron chi connectivity index (χ1n) is 6.01. The van der Waals surface area contributed by atoms with Crippen LogP contribution in [0.1, 0.15) is 25.7 Å². The lowest BCUT2D eigenvalue weighted by Crippen LogP contribution is -2.46. The smallest absolute Gasteiger partial charge is 0.321 e. The zero-order valence-electron chi connectivity index (χ0n) is 10.2. The van der Waals surface area contributed by atoms with Crippen LogP contribution in [-0.4, -0.2) is 54.7 Å². The van der Waals surface area contributed by atoms with Crippen LogP contribution in [0.25, 0.3) is 0 Å². The summed E-state index contributed by atoms with van der Waals surface area (Å²) in [5, 5.41) is 13.7. The molecule has 0 aliphatic heterocycles. The molecule has 0 unspecified atom stereocenters. The number of rotatable bonds is 5. The zero-order chi connectivity index (χ0) is 12.7. The lowest BCUT2D eigenvalue weighted by atomic mass is 10.2. The predicted molar refractivity (Wildman–Crippen MR) is 63.5 cm³/mol. The highest BCUT2D eigenvalue weighted by molar-refractivity contribution is 5.95. The van der Waals surface area contributed by atoms with Crippen molar-refractivity contribution in [2.24, 2.45) is 0 Å². The minimum Gasteiger partial charge on any atom is -0.395 e. The molecule has 98 valence electrons. The molecule has 0 atom stereocenters. The average molecular weight is 243 g/mol. The van der Waals surface area contributed by atoms with Crippen molar-refractivity contribution in [3.63, 3.8) is 0 Å². The third kappa shape index (κ3) is 5.65. The first-order valence-corrected chi connectivity index (χ1v) is 6.01. The summed E-state index contributed by atoms with van der Waals surface area (Å²) in [5.41, 5.74) is 0. The van der Waals surface area contributed by atoms with Gasteiger partial charge in [-0.3, -0.25) is 15.0 Å². The van der Waals surface area contributed by atoms with Crippen molar-refractivity contribution in [3.8, 4) is 0 Å². The van der Waals surface area contributed by atoms with Gasteiger partial charge < -0.3 is 10.4 Å². The molecule has 1 aliphatic rings. The molecule has 0 heterocycles. The number of nitrogens with one attached hydrogen (secondary N) is 2. The van der Waals surface area contributed by atoms with Gasteiger partial charge in [0.1, 0.15) is 0 Å². The Kier molecular flexibility index (Phi) is 5.93. The second-order valence-electron chi connectivity index (χ2n) is 4.46. The minimum absolute atomic E-state index is 0.00193. The summed E-state index contributed by atoms with van der Waals surface area (Å²) in [5.74, 6) is -0.351. The number of hydrogen-bond donors (Lipinski definition) is 3. The van der Waals surface area contributed by atoms with E-state index in [2.05, 4.69) is 10.6 Å². The summed E-state index contributed by atoms with van der Waals surface area (Å²) in [6, 6.07) is -0.211. The number of nitrogens with zero attached hydrogens (tertiary/aromatic N) is 1. The molecule has 0 spiro atoms. The molecule has 0 radical (unpaired) electrons. The number of carbonyl (C=O) groups is 2. The molecule has 1 rings (SSSR count). The molecule has 6 nitrogen and oxygen atoms in total. The number of amides is 3. The number of aliphatic hydroxyl groups is 1. The molecule has 0 aromatic rings. The van der Waals surface area contributed by atoms with Crippen LogP contribution in [0.2, 0.25) is 0 Å². The Morgan fingerprint density at radius 2 is 2.00 bits per heavy atom. The van der Waals surface area contributed by atoms with E-state index >= 15 is 0 Å². The molecule has 6 heteroatoms. The Morgan fingerprint density at radius 1 is 1.35 bits per heavy atom. The third-order valence-electron chi connectivity index (χ3n) is 2.84. The average Bonchev–Trinajstić information content (AvgIpc) is 2.69. The second-order valence-corrected chi connectivity index (χ2v) is 4.46. The van der Waals surface area contributed by atoms with Gasteiger partial charge in [0, 0.05) is 12.6 Å². The van der Waals surface area contributed by atoms with E-state index in [1.807, 2.05) is 0 Å². The van der Waals surface area contributed by atoms with Gasteiger partial charge in [-0.05, 0) is 19.9 Å². The van der Waals surface area contributed by atoms with Crippen LogP contribution < -0.4 is 10.6 Å². The maximum Gasteiger partial charge on any atom is 0.321 e. The summed E-state index contributed by atoms with van der Waals surface area (Å²) >= 11 is 0. The van der Waals surface area contributed by atoms with Crippen molar-refractivity contribution >= 4 is 11.9 Å². The van der Waals surface area contributed by atoms with Gasteiger partial charge in [-0.2, -0.15) is 0 Å². The number of aliphatic hydroxyl groups excluding tert-OH is 1. The van der Waals surface area contributed by atoms with Gasteiger partial charge in [0.15, 0.2) is 0 Å².